The molecule has 0 atom stereocenters. The number of carbonyl (C=O) groups is 2. The van der Waals surface area contributed by atoms with E-state index in [9.17, 15) is 19.7 Å². The summed E-state index contributed by atoms with van der Waals surface area (Å²) in [5.74, 6) is -0.898. The molecule has 0 fully saturated rings. The first-order valence-electron chi connectivity index (χ1n) is 8.87. The number of rotatable bonds is 8. The summed E-state index contributed by atoms with van der Waals surface area (Å²) in [7, 11) is 0. The molecule has 1 heterocycles. The Bertz CT molecular complexity index is 1080. The molecule has 0 aliphatic carbocycles. The Morgan fingerprint density at radius 2 is 1.80 bits per heavy atom. The molecule has 0 radical (unpaired) electrons. The molecular formula is C20H17ClN4O5. The van der Waals surface area contributed by atoms with Crippen LogP contribution in [-0.2, 0) is 27.3 Å². The van der Waals surface area contributed by atoms with E-state index in [0.717, 1.165) is 5.56 Å². The van der Waals surface area contributed by atoms with Crippen molar-refractivity contribution in [2.75, 3.05) is 11.9 Å². The zero-order chi connectivity index (χ0) is 21.5. The first-order valence-corrected chi connectivity index (χ1v) is 9.25. The van der Waals surface area contributed by atoms with E-state index < -0.39 is 23.4 Å². The first kappa shape index (κ1) is 21.0. The number of anilines is 1. The summed E-state index contributed by atoms with van der Waals surface area (Å²) in [5, 5.41) is 18.3. The average molecular weight is 429 g/mol. The average Bonchev–Trinajstić information content (AvgIpc) is 3.15. The Balaban J connectivity index is 1.55. The van der Waals surface area contributed by atoms with Crippen molar-refractivity contribution in [1.29, 1.82) is 0 Å². The number of para-hydroxylation sites is 1. The highest BCUT2D eigenvalue weighted by molar-refractivity contribution is 6.31. The molecule has 0 aliphatic heterocycles. The molecule has 0 spiro atoms. The van der Waals surface area contributed by atoms with E-state index in [1.165, 1.54) is 24.4 Å². The lowest BCUT2D eigenvalue weighted by Gasteiger charge is -2.10. The van der Waals surface area contributed by atoms with Crippen molar-refractivity contribution in [3.63, 3.8) is 0 Å². The molecule has 3 aromatic rings. The van der Waals surface area contributed by atoms with Gasteiger partial charge in [0, 0.05) is 22.7 Å². The van der Waals surface area contributed by atoms with Crippen LogP contribution in [0.15, 0.2) is 60.8 Å². The van der Waals surface area contributed by atoms with E-state index in [1.54, 1.807) is 22.9 Å². The van der Waals surface area contributed by atoms with Crippen LogP contribution in [-0.4, -0.2) is 33.2 Å². The molecule has 0 bridgehead atoms. The van der Waals surface area contributed by atoms with Gasteiger partial charge in [0.05, 0.1) is 24.1 Å². The van der Waals surface area contributed by atoms with Gasteiger partial charge in [0.15, 0.2) is 6.61 Å². The van der Waals surface area contributed by atoms with Crippen molar-refractivity contribution < 1.29 is 19.2 Å². The van der Waals surface area contributed by atoms with Crippen molar-refractivity contribution >= 4 is 35.0 Å². The van der Waals surface area contributed by atoms with E-state index >= 15 is 0 Å². The number of esters is 1. The van der Waals surface area contributed by atoms with Crippen LogP contribution in [0, 0.1) is 10.1 Å². The van der Waals surface area contributed by atoms with Crippen molar-refractivity contribution in [2.45, 2.75) is 13.0 Å². The molecule has 0 saturated carbocycles. The molecule has 0 unspecified atom stereocenters. The Hall–Kier alpha value is -3.72. The van der Waals surface area contributed by atoms with E-state index in [2.05, 4.69) is 10.4 Å². The zero-order valence-corrected chi connectivity index (χ0v) is 16.4. The van der Waals surface area contributed by atoms with Crippen molar-refractivity contribution in [2.24, 2.45) is 0 Å². The second-order valence-corrected chi connectivity index (χ2v) is 6.64. The second kappa shape index (κ2) is 9.66. The van der Waals surface area contributed by atoms with Crippen LogP contribution >= 0.6 is 11.6 Å². The van der Waals surface area contributed by atoms with E-state index in [-0.39, 0.29) is 17.7 Å². The lowest BCUT2D eigenvalue weighted by molar-refractivity contribution is -0.385. The molecular weight excluding hydrogens is 412 g/mol. The van der Waals surface area contributed by atoms with Gasteiger partial charge < -0.3 is 10.1 Å². The summed E-state index contributed by atoms with van der Waals surface area (Å²) in [5.41, 5.74) is 0.863. The van der Waals surface area contributed by atoms with Gasteiger partial charge >= 0.3 is 5.97 Å². The molecule has 1 aromatic heterocycles. The van der Waals surface area contributed by atoms with Crippen LogP contribution in [0.1, 0.15) is 11.1 Å². The SMILES string of the molecule is O=C(COC(=O)Cc1ccccc1[N+](=O)[O-])Nc1ccnn1Cc1ccccc1Cl. The number of nitrogens with one attached hydrogen (secondary N) is 1. The summed E-state index contributed by atoms with van der Waals surface area (Å²) in [6, 6.07) is 14.7. The summed E-state index contributed by atoms with van der Waals surface area (Å²) in [4.78, 5) is 34.6. The number of ether oxygens (including phenoxy) is 1. The third kappa shape index (κ3) is 5.42. The van der Waals surface area contributed by atoms with Gasteiger partial charge in [-0.05, 0) is 11.6 Å². The lowest BCUT2D eigenvalue weighted by atomic mass is 10.1. The minimum atomic E-state index is -0.746. The molecule has 0 saturated heterocycles. The minimum Gasteiger partial charge on any atom is -0.455 e. The fourth-order valence-electron chi connectivity index (χ4n) is 2.72. The van der Waals surface area contributed by atoms with Crippen LogP contribution < -0.4 is 5.32 Å². The first-order chi connectivity index (χ1) is 14.4. The molecule has 0 aliphatic rings. The van der Waals surface area contributed by atoms with Crippen molar-refractivity contribution in [3.8, 4) is 0 Å². The highest BCUT2D eigenvalue weighted by Gasteiger charge is 2.17. The highest BCUT2D eigenvalue weighted by atomic mass is 35.5. The largest absolute Gasteiger partial charge is 0.455 e. The Labute approximate surface area is 176 Å². The van der Waals surface area contributed by atoms with E-state index in [4.69, 9.17) is 16.3 Å². The number of nitrogens with zero attached hydrogens (tertiary/aromatic N) is 3. The van der Waals surface area contributed by atoms with Gasteiger partial charge in [-0.15, -0.1) is 0 Å². The van der Waals surface area contributed by atoms with E-state index in [1.807, 2.05) is 18.2 Å². The summed E-state index contributed by atoms with van der Waals surface area (Å²) in [6.45, 7) is -0.184. The highest BCUT2D eigenvalue weighted by Crippen LogP contribution is 2.19. The normalized spacial score (nSPS) is 10.4. The van der Waals surface area contributed by atoms with Gasteiger partial charge in [0.1, 0.15) is 5.82 Å². The number of aromatic nitrogens is 2. The van der Waals surface area contributed by atoms with Gasteiger partial charge in [-0.25, -0.2) is 4.68 Å². The summed E-state index contributed by atoms with van der Waals surface area (Å²) >= 11 is 6.15. The maximum absolute atomic E-state index is 12.2. The molecule has 10 heteroatoms. The van der Waals surface area contributed by atoms with Crippen molar-refractivity contribution in [3.05, 3.63) is 87.1 Å². The molecule has 30 heavy (non-hydrogen) atoms. The Morgan fingerprint density at radius 1 is 1.10 bits per heavy atom. The molecule has 2 aromatic carbocycles. The third-order valence-corrected chi connectivity index (χ3v) is 4.52. The fraction of sp³-hybridized carbons (Fsp3) is 0.150. The maximum atomic E-state index is 12.2. The molecule has 3 rings (SSSR count). The third-order valence-electron chi connectivity index (χ3n) is 4.15. The van der Waals surface area contributed by atoms with Gasteiger partial charge in [-0.3, -0.25) is 19.7 Å². The van der Waals surface area contributed by atoms with Gasteiger partial charge in [0.25, 0.3) is 11.6 Å². The fourth-order valence-corrected chi connectivity index (χ4v) is 2.92. The number of hydrogen-bond donors (Lipinski definition) is 1. The molecule has 1 amide bonds. The number of benzene rings is 2. The zero-order valence-electron chi connectivity index (χ0n) is 15.7. The number of nitro benzene ring substituents is 1. The van der Waals surface area contributed by atoms with Gasteiger partial charge in [-0.2, -0.15) is 5.10 Å². The topological polar surface area (TPSA) is 116 Å². The minimum absolute atomic E-state index is 0.178. The molecule has 1 N–H and O–H groups in total. The van der Waals surface area contributed by atoms with Gasteiger partial charge in [0.2, 0.25) is 0 Å². The van der Waals surface area contributed by atoms with Crippen LogP contribution in [0.4, 0.5) is 11.5 Å². The van der Waals surface area contributed by atoms with Crippen LogP contribution in [0.5, 0.6) is 0 Å². The maximum Gasteiger partial charge on any atom is 0.311 e. The Kier molecular flexibility index (Phi) is 6.76. The van der Waals surface area contributed by atoms with Crippen LogP contribution in [0.2, 0.25) is 5.02 Å². The number of amides is 1. The van der Waals surface area contributed by atoms with Gasteiger partial charge in [-0.1, -0.05) is 48.0 Å². The standard InChI is InChI=1S/C20H17ClN4O5/c21-16-7-3-1-6-15(16)12-24-18(9-10-22-24)23-19(26)13-30-20(27)11-14-5-2-4-8-17(14)25(28)29/h1-10H,11-13H2,(H,23,26). The monoisotopic (exact) mass is 428 g/mol. The molecule has 9 nitrogen and oxygen atoms in total. The second-order valence-electron chi connectivity index (χ2n) is 6.24. The quantitative estimate of drug-likeness (QED) is 0.334. The van der Waals surface area contributed by atoms with Crippen LogP contribution in [0.25, 0.3) is 0 Å². The lowest BCUT2D eigenvalue weighted by Crippen LogP contribution is -2.23. The number of halogens is 1. The molecule has 154 valence electrons. The van der Waals surface area contributed by atoms with Crippen molar-refractivity contribution in [1.82, 2.24) is 9.78 Å². The Morgan fingerprint density at radius 3 is 2.53 bits per heavy atom. The predicted molar refractivity (Wildman–Crippen MR) is 109 cm³/mol. The van der Waals surface area contributed by atoms with E-state index in [0.29, 0.717) is 17.4 Å². The summed E-state index contributed by atoms with van der Waals surface area (Å²) in [6.07, 6.45) is 1.21. The number of hydrogen-bond acceptors (Lipinski definition) is 6. The summed E-state index contributed by atoms with van der Waals surface area (Å²) < 4.78 is 6.49. The van der Waals surface area contributed by atoms with Crippen LogP contribution in [0.3, 0.4) is 0 Å². The number of carbonyl (C=O) groups excluding carboxylic acids is 2. The smallest absolute Gasteiger partial charge is 0.311 e. The predicted octanol–water partition coefficient (Wildman–Crippen LogP) is 3.22. The number of nitro groups is 1.